The Labute approximate surface area is 255 Å². The van der Waals surface area contributed by atoms with Crippen molar-refractivity contribution in [2.75, 3.05) is 27.9 Å². The quantitative estimate of drug-likeness (QED) is 0.174. The summed E-state index contributed by atoms with van der Waals surface area (Å²) in [6, 6.07) is 25.1. The average Bonchev–Trinajstić information content (AvgIpc) is 3.46. The summed E-state index contributed by atoms with van der Waals surface area (Å²) >= 11 is 0. The van der Waals surface area contributed by atoms with Crippen LogP contribution in [0.15, 0.2) is 94.6 Å². The maximum atomic E-state index is 12.9. The Morgan fingerprint density at radius 3 is 2.02 bits per heavy atom. The van der Waals surface area contributed by atoms with Crippen LogP contribution < -0.4 is 20.7 Å². The van der Waals surface area contributed by atoms with Gasteiger partial charge < -0.3 is 32.9 Å². The molecule has 0 radical (unpaired) electrons. The van der Waals surface area contributed by atoms with Crippen LogP contribution in [0.4, 0.5) is 0 Å². The zero-order valence-corrected chi connectivity index (χ0v) is 25.7. The first-order valence-corrected chi connectivity index (χ1v) is 15.1. The first-order valence-electron chi connectivity index (χ1n) is 13.9. The molecule has 1 saturated heterocycles. The van der Waals surface area contributed by atoms with Gasteiger partial charge in [-0.3, -0.25) is 14.3 Å². The van der Waals surface area contributed by atoms with E-state index < -0.39 is 43.9 Å². The Morgan fingerprint density at radius 2 is 1.48 bits per heavy atom. The van der Waals surface area contributed by atoms with E-state index in [0.717, 1.165) is 16.7 Å². The summed E-state index contributed by atoms with van der Waals surface area (Å²) in [6.45, 7) is 1.54. The lowest BCUT2D eigenvalue weighted by Crippen LogP contribution is -2.41. The molecule has 3 aromatic carbocycles. The fourth-order valence-electron chi connectivity index (χ4n) is 5.39. The van der Waals surface area contributed by atoms with Crippen molar-refractivity contribution in [2.45, 2.75) is 37.4 Å². The molecule has 232 valence electrons. The van der Waals surface area contributed by atoms with E-state index in [1.807, 2.05) is 78.9 Å². The molecule has 12 heteroatoms. The van der Waals surface area contributed by atoms with E-state index in [1.165, 1.54) is 17.9 Å². The standard InChI is InChI=1S/C32H35N2O9P/c1-21-19-34(31(36)33-30(21)35)29-18-27(28(42-29)20-41-44(37)40-4)43-32(22-8-6-5-7-9-22,23-10-14-25(38-2)15-11-23)24-12-16-26(39-3)17-13-24/h5-17,19,27-29,37H,18,20H2,1-4H3,(H,33,35,36)/t27-,28+,29+,44?/m0/s1. The van der Waals surface area contributed by atoms with Gasteiger partial charge in [0.15, 0.2) is 0 Å². The number of nitrogens with one attached hydrogen (secondary N) is 1. The van der Waals surface area contributed by atoms with Gasteiger partial charge in [0.05, 0.1) is 26.9 Å². The van der Waals surface area contributed by atoms with Gasteiger partial charge in [-0.05, 0) is 47.9 Å². The summed E-state index contributed by atoms with van der Waals surface area (Å²) in [5.74, 6) is 1.37. The lowest BCUT2D eigenvalue weighted by atomic mass is 9.79. The summed E-state index contributed by atoms with van der Waals surface area (Å²) in [5, 5.41) is 0. The van der Waals surface area contributed by atoms with Crippen molar-refractivity contribution in [3.63, 3.8) is 0 Å². The van der Waals surface area contributed by atoms with Gasteiger partial charge in [-0.15, -0.1) is 0 Å². The van der Waals surface area contributed by atoms with Gasteiger partial charge in [0.25, 0.3) is 5.56 Å². The summed E-state index contributed by atoms with van der Waals surface area (Å²) in [4.78, 5) is 37.3. The topological polar surface area (TPSA) is 130 Å². The fraction of sp³-hybridized carbons (Fsp3) is 0.312. The van der Waals surface area contributed by atoms with Crippen LogP contribution in [0.1, 0.15) is 34.9 Å². The minimum atomic E-state index is -2.15. The van der Waals surface area contributed by atoms with Crippen LogP contribution in [-0.2, 0) is 24.1 Å². The van der Waals surface area contributed by atoms with Crippen LogP contribution in [-0.4, -0.2) is 54.6 Å². The molecule has 1 unspecified atom stereocenters. The number of aryl methyl sites for hydroxylation is 1. The first kappa shape index (κ1) is 31.6. The van der Waals surface area contributed by atoms with Crippen molar-refractivity contribution in [2.24, 2.45) is 0 Å². The van der Waals surface area contributed by atoms with E-state index in [1.54, 1.807) is 21.1 Å². The number of ether oxygens (including phenoxy) is 4. The van der Waals surface area contributed by atoms with Crippen molar-refractivity contribution >= 4 is 8.60 Å². The number of aromatic amines is 1. The van der Waals surface area contributed by atoms with E-state index in [9.17, 15) is 14.5 Å². The third-order valence-corrected chi connectivity index (χ3v) is 8.33. The normalized spacial score (nSPS) is 19.1. The number of aromatic nitrogens is 2. The van der Waals surface area contributed by atoms with Gasteiger partial charge in [-0.2, -0.15) is 0 Å². The molecule has 2 heterocycles. The van der Waals surface area contributed by atoms with E-state index in [0.29, 0.717) is 17.1 Å². The maximum Gasteiger partial charge on any atom is 0.330 e. The van der Waals surface area contributed by atoms with Crippen LogP contribution in [0.5, 0.6) is 11.5 Å². The molecule has 1 aromatic heterocycles. The van der Waals surface area contributed by atoms with E-state index in [-0.39, 0.29) is 13.0 Å². The summed E-state index contributed by atoms with van der Waals surface area (Å²) in [6.07, 6.45) is -0.479. The Kier molecular flexibility index (Phi) is 9.95. The predicted octanol–water partition coefficient (Wildman–Crippen LogP) is 4.41. The maximum absolute atomic E-state index is 12.9. The molecule has 2 N–H and O–H groups in total. The molecule has 1 aliphatic rings. The molecule has 1 aliphatic heterocycles. The number of rotatable bonds is 12. The summed E-state index contributed by atoms with van der Waals surface area (Å²) < 4.78 is 36.3. The van der Waals surface area contributed by atoms with Gasteiger partial charge in [0.1, 0.15) is 29.4 Å². The lowest BCUT2D eigenvalue weighted by Gasteiger charge is -2.39. The van der Waals surface area contributed by atoms with E-state index >= 15 is 0 Å². The largest absolute Gasteiger partial charge is 0.497 e. The van der Waals surface area contributed by atoms with Crippen LogP contribution in [0.2, 0.25) is 0 Å². The number of nitrogens with zero attached hydrogens (tertiary/aromatic N) is 1. The molecule has 0 aliphatic carbocycles. The highest BCUT2D eigenvalue weighted by molar-refractivity contribution is 7.40. The van der Waals surface area contributed by atoms with Crippen molar-refractivity contribution in [1.82, 2.24) is 9.55 Å². The summed E-state index contributed by atoms with van der Waals surface area (Å²) in [7, 11) is 2.40. The molecule has 44 heavy (non-hydrogen) atoms. The minimum absolute atomic E-state index is 0.0790. The van der Waals surface area contributed by atoms with Crippen LogP contribution in [0.25, 0.3) is 0 Å². The fourth-order valence-corrected chi connectivity index (χ4v) is 5.77. The second-order valence-electron chi connectivity index (χ2n) is 10.2. The number of hydrogen-bond acceptors (Lipinski definition) is 9. The first-order chi connectivity index (χ1) is 21.3. The van der Waals surface area contributed by atoms with Crippen molar-refractivity contribution in [3.8, 4) is 11.5 Å². The molecule has 4 atom stereocenters. The molecule has 4 aromatic rings. The molecule has 0 amide bonds. The molecular weight excluding hydrogens is 587 g/mol. The number of hydrogen-bond donors (Lipinski definition) is 2. The number of methoxy groups -OCH3 is 2. The smallest absolute Gasteiger partial charge is 0.330 e. The molecule has 5 rings (SSSR count). The zero-order valence-electron chi connectivity index (χ0n) is 24.8. The molecule has 11 nitrogen and oxygen atoms in total. The predicted molar refractivity (Wildman–Crippen MR) is 164 cm³/mol. The van der Waals surface area contributed by atoms with Crippen LogP contribution in [0, 0.1) is 6.92 Å². The molecule has 0 saturated carbocycles. The highest BCUT2D eigenvalue weighted by Gasteiger charge is 2.46. The van der Waals surface area contributed by atoms with Gasteiger partial charge in [-0.25, -0.2) is 4.79 Å². The van der Waals surface area contributed by atoms with Gasteiger partial charge >= 0.3 is 14.3 Å². The second-order valence-corrected chi connectivity index (χ2v) is 11.3. The number of H-pyrrole nitrogens is 1. The van der Waals surface area contributed by atoms with Crippen molar-refractivity contribution < 1.29 is 32.9 Å². The van der Waals surface area contributed by atoms with Crippen molar-refractivity contribution in [3.05, 3.63) is 128 Å². The summed E-state index contributed by atoms with van der Waals surface area (Å²) in [5.41, 5.74) is 0.595. The Morgan fingerprint density at radius 1 is 0.909 bits per heavy atom. The third-order valence-electron chi connectivity index (χ3n) is 7.64. The van der Waals surface area contributed by atoms with E-state index in [2.05, 4.69) is 4.98 Å². The Bertz CT molecular complexity index is 1590. The lowest BCUT2D eigenvalue weighted by molar-refractivity contribution is -0.0974. The molecule has 0 bridgehead atoms. The molecule has 1 fully saturated rings. The third kappa shape index (κ3) is 6.49. The number of benzene rings is 3. The highest BCUT2D eigenvalue weighted by atomic mass is 31.2. The SMILES string of the molecule is COc1ccc(C(O[C@H]2C[C@H](n3cc(C)c(=O)[nH]c3=O)O[C@@H]2COP(O)OC)(c2ccccc2)c2ccc(OC)cc2)cc1. The molecular formula is C32H35N2O9P. The van der Waals surface area contributed by atoms with Crippen molar-refractivity contribution in [1.29, 1.82) is 0 Å². The van der Waals surface area contributed by atoms with Gasteiger partial charge in [0.2, 0.25) is 0 Å². The monoisotopic (exact) mass is 622 g/mol. The second kappa shape index (κ2) is 13.9. The average molecular weight is 623 g/mol. The molecule has 0 spiro atoms. The Hall–Kier alpha value is -3.83. The zero-order chi connectivity index (χ0) is 31.3. The Balaban J connectivity index is 1.65. The minimum Gasteiger partial charge on any atom is -0.497 e. The van der Waals surface area contributed by atoms with Crippen LogP contribution >= 0.6 is 8.60 Å². The van der Waals surface area contributed by atoms with Gasteiger partial charge in [0, 0.05) is 25.3 Å². The highest BCUT2D eigenvalue weighted by Crippen LogP contribution is 2.46. The van der Waals surface area contributed by atoms with Crippen LogP contribution in [0.3, 0.4) is 0 Å². The van der Waals surface area contributed by atoms with Gasteiger partial charge in [-0.1, -0.05) is 54.6 Å². The van der Waals surface area contributed by atoms with E-state index in [4.69, 9.17) is 28.0 Å².